The highest BCUT2D eigenvalue weighted by molar-refractivity contribution is 5.83. The minimum atomic E-state index is -0.495. The first-order valence-corrected chi connectivity index (χ1v) is 25.5. The van der Waals surface area contributed by atoms with Crippen LogP contribution in [0.1, 0.15) is 159 Å². The van der Waals surface area contributed by atoms with Crippen LogP contribution in [0.5, 0.6) is 0 Å². The van der Waals surface area contributed by atoms with E-state index in [2.05, 4.69) is 111 Å². The van der Waals surface area contributed by atoms with Crippen LogP contribution in [0.2, 0.25) is 0 Å². The second kappa shape index (κ2) is 29.7. The quantitative estimate of drug-likeness (QED) is 0.0486. The van der Waals surface area contributed by atoms with E-state index in [1.807, 2.05) is 90.0 Å². The lowest BCUT2D eigenvalue weighted by Crippen LogP contribution is -2.49. The lowest BCUT2D eigenvalue weighted by Gasteiger charge is -2.37. The molecule has 0 rings (SSSR count). The number of carbonyl (C=O) groups is 6. The molecule has 0 aromatic carbocycles. The molecule has 3 unspecified atom stereocenters. The predicted molar refractivity (Wildman–Crippen MR) is 278 cm³/mol. The fourth-order valence-corrected chi connectivity index (χ4v) is 5.68. The highest BCUT2D eigenvalue weighted by Gasteiger charge is 2.39. The zero-order chi connectivity index (χ0) is 52.9. The van der Waals surface area contributed by atoms with Gasteiger partial charge in [-0.05, 0) is 34.5 Å². The minimum Gasteiger partial charge on any atom is -0.355 e. The molecule has 394 valence electrons. The summed E-state index contributed by atoms with van der Waals surface area (Å²) in [7, 11) is 0. The molecular weight excluding hydrogens is 845 g/mol. The fraction of sp³-hybridized carbons (Fsp3) is 0.887. The van der Waals surface area contributed by atoms with Crippen molar-refractivity contribution in [1.29, 1.82) is 0 Å². The summed E-state index contributed by atoms with van der Waals surface area (Å²) in [5.74, 6) is 1.21. The smallest absolute Gasteiger partial charge is 0.226 e. The van der Waals surface area contributed by atoms with Gasteiger partial charge < -0.3 is 31.9 Å². The lowest BCUT2D eigenvalue weighted by atomic mass is 9.69. The summed E-state index contributed by atoms with van der Waals surface area (Å²) in [6.07, 6.45) is 0. The lowest BCUT2D eigenvalue weighted by molar-refractivity contribution is -0.135. The Kier molecular flexibility index (Phi) is 29.2. The zero-order valence-corrected chi connectivity index (χ0v) is 47.4. The van der Waals surface area contributed by atoms with E-state index in [1.54, 1.807) is 0 Å². The fourth-order valence-electron chi connectivity index (χ4n) is 5.68. The summed E-state index contributed by atoms with van der Waals surface area (Å²) in [5.41, 5.74) is -1.61. The van der Waals surface area contributed by atoms with E-state index in [1.165, 1.54) is 0 Å². The molecule has 14 nitrogen and oxygen atoms in total. The van der Waals surface area contributed by atoms with Gasteiger partial charge in [0.15, 0.2) is 0 Å². The monoisotopic (exact) mass is 951 g/mol. The van der Waals surface area contributed by atoms with Crippen LogP contribution in [0.4, 0.5) is 0 Å². The third-order valence-corrected chi connectivity index (χ3v) is 15.3. The Hall–Kier alpha value is -3.26. The molecule has 6 amide bonds. The van der Waals surface area contributed by atoms with Gasteiger partial charge in [0.1, 0.15) is 0 Å². The molecule has 0 aromatic rings. The van der Waals surface area contributed by atoms with Crippen LogP contribution < -0.4 is 31.9 Å². The van der Waals surface area contributed by atoms with Crippen LogP contribution >= 0.6 is 0 Å². The van der Waals surface area contributed by atoms with Crippen molar-refractivity contribution in [2.45, 2.75) is 159 Å². The summed E-state index contributed by atoms with van der Waals surface area (Å²) in [4.78, 5) is 79.3. The third kappa shape index (κ3) is 24.2. The molecule has 0 aromatic heterocycles. The van der Waals surface area contributed by atoms with E-state index in [4.69, 9.17) is 0 Å². The van der Waals surface area contributed by atoms with Crippen molar-refractivity contribution in [1.82, 2.24) is 41.7 Å². The van der Waals surface area contributed by atoms with E-state index in [-0.39, 0.29) is 75.9 Å². The molecule has 0 saturated heterocycles. The van der Waals surface area contributed by atoms with Crippen LogP contribution in [-0.2, 0) is 28.8 Å². The Morgan fingerprint density at radius 1 is 0.373 bits per heavy atom. The molecule has 0 aliphatic rings. The number of nitrogens with one attached hydrogen (secondary N) is 6. The van der Waals surface area contributed by atoms with Crippen molar-refractivity contribution in [3.63, 3.8) is 0 Å². The van der Waals surface area contributed by atoms with Gasteiger partial charge in [0, 0.05) is 113 Å². The van der Waals surface area contributed by atoms with E-state index >= 15 is 0 Å². The molecule has 0 fully saturated rings. The molecule has 0 aliphatic heterocycles. The molecule has 0 saturated carbocycles. The Labute approximate surface area is 411 Å². The maximum Gasteiger partial charge on any atom is 0.226 e. The number of amides is 6. The maximum atomic E-state index is 12.8. The molecular formula is C53H106N8O6. The number of hydrogen-bond donors (Lipinski definition) is 6. The summed E-state index contributed by atoms with van der Waals surface area (Å²) < 4.78 is 0. The van der Waals surface area contributed by atoms with E-state index in [0.29, 0.717) is 90.4 Å². The van der Waals surface area contributed by atoms with Crippen LogP contribution in [-0.4, -0.2) is 124 Å². The Morgan fingerprint density at radius 2 is 0.627 bits per heavy atom. The first-order chi connectivity index (χ1) is 30.4. The van der Waals surface area contributed by atoms with E-state index < -0.39 is 16.2 Å². The molecule has 0 radical (unpaired) electrons. The van der Waals surface area contributed by atoms with Gasteiger partial charge in [0.2, 0.25) is 35.4 Å². The maximum absolute atomic E-state index is 12.8. The molecule has 3 atom stereocenters. The average molecular weight is 951 g/mol. The van der Waals surface area contributed by atoms with Gasteiger partial charge >= 0.3 is 0 Å². The van der Waals surface area contributed by atoms with Crippen molar-refractivity contribution in [3.8, 4) is 0 Å². The molecule has 0 bridgehead atoms. The van der Waals surface area contributed by atoms with Gasteiger partial charge in [0.05, 0.1) is 0 Å². The number of nitrogens with zero attached hydrogens (tertiary/aromatic N) is 2. The van der Waals surface area contributed by atoms with Crippen LogP contribution in [0.15, 0.2) is 0 Å². The predicted octanol–water partition coefficient (Wildman–Crippen LogP) is 6.98. The summed E-state index contributed by atoms with van der Waals surface area (Å²) >= 11 is 0. The molecule has 0 aliphatic carbocycles. The van der Waals surface area contributed by atoms with Crippen molar-refractivity contribution in [2.75, 3.05) is 78.5 Å². The van der Waals surface area contributed by atoms with Gasteiger partial charge in [-0.1, -0.05) is 159 Å². The molecule has 67 heavy (non-hydrogen) atoms. The minimum absolute atomic E-state index is 0.0292. The van der Waals surface area contributed by atoms with Gasteiger partial charge in [-0.2, -0.15) is 0 Å². The van der Waals surface area contributed by atoms with Crippen molar-refractivity contribution in [3.05, 3.63) is 0 Å². The van der Waals surface area contributed by atoms with Crippen molar-refractivity contribution >= 4 is 35.4 Å². The van der Waals surface area contributed by atoms with E-state index in [0.717, 1.165) is 0 Å². The standard InChI is InChI=1S/C28H56N4O3.C25H50N4O3/c1-20(2)26(8,9)22(33)29-14-17-32(18-15-30-23(34)27(10,11)21(3)4)19-16-31-24(35)28(12,13)25(5,6)7;1-17(2)19(5)22(30)26-11-14-29(15-12-27-23(31)20(6)18(3)4)16-13-28-24(32)21(7)25(8,9)10/h20-21H,14-19H2,1-13H3,(H,29,33)(H,30,34)(H,31,35);17-21H,11-16H2,1-10H3,(H,26,30)(H,27,31)(H,28,32). The van der Waals surface area contributed by atoms with Gasteiger partial charge in [-0.3, -0.25) is 38.6 Å². The molecule has 0 heterocycles. The molecule has 0 spiro atoms. The number of rotatable bonds is 28. The van der Waals surface area contributed by atoms with Crippen LogP contribution in [0, 0.1) is 68.5 Å². The second-order valence-corrected chi connectivity index (χ2v) is 24.1. The van der Waals surface area contributed by atoms with Gasteiger partial charge in [0.25, 0.3) is 0 Å². The van der Waals surface area contributed by atoms with Crippen LogP contribution in [0.25, 0.3) is 0 Å². The Bertz CT molecular complexity index is 1440. The Balaban J connectivity index is 0. The molecule has 6 N–H and O–H groups in total. The first-order valence-electron chi connectivity index (χ1n) is 25.5. The van der Waals surface area contributed by atoms with Crippen LogP contribution in [0.3, 0.4) is 0 Å². The SMILES string of the molecule is CC(C)C(C)(C)C(=O)NCCN(CCNC(=O)C(C)(C)C(C)C)CCNC(=O)C(C)(C)C(C)(C)C.CC(C)C(C)C(=O)NCCN(CCNC(=O)C(C)C(C)C)CCNC(=O)C(C)C(C)(C)C. The zero-order valence-electron chi connectivity index (χ0n) is 47.4. The summed E-state index contributed by atoms with van der Waals surface area (Å²) in [6.45, 7) is 53.4. The number of carbonyl (C=O) groups excluding carboxylic acids is 6. The van der Waals surface area contributed by atoms with Gasteiger partial charge in [-0.15, -0.1) is 0 Å². The second-order valence-electron chi connectivity index (χ2n) is 24.1. The summed E-state index contributed by atoms with van der Waals surface area (Å²) in [5, 5.41) is 18.2. The topological polar surface area (TPSA) is 181 Å². The van der Waals surface area contributed by atoms with E-state index in [9.17, 15) is 28.8 Å². The molecule has 14 heteroatoms. The van der Waals surface area contributed by atoms with Crippen molar-refractivity contribution < 1.29 is 28.8 Å². The summed E-state index contributed by atoms with van der Waals surface area (Å²) in [6, 6.07) is 0. The van der Waals surface area contributed by atoms with Gasteiger partial charge in [-0.25, -0.2) is 0 Å². The Morgan fingerprint density at radius 3 is 0.866 bits per heavy atom. The highest BCUT2D eigenvalue weighted by Crippen LogP contribution is 2.38. The van der Waals surface area contributed by atoms with Crippen molar-refractivity contribution in [2.24, 2.45) is 68.5 Å². The highest BCUT2D eigenvalue weighted by atomic mass is 16.2. The largest absolute Gasteiger partial charge is 0.355 e. The normalized spacial score (nSPS) is 14.1. The third-order valence-electron chi connectivity index (χ3n) is 15.3. The number of hydrogen-bond acceptors (Lipinski definition) is 8. The average Bonchev–Trinajstić information content (AvgIpc) is 3.20. The first kappa shape index (κ1) is 65.8.